The Hall–Kier alpha value is -4.95. The Morgan fingerprint density at radius 2 is 1.46 bits per heavy atom. The van der Waals surface area contributed by atoms with E-state index < -0.39 is 18.1 Å². The van der Waals surface area contributed by atoms with E-state index in [0.717, 1.165) is 28.1 Å². The van der Waals surface area contributed by atoms with Gasteiger partial charge in [-0.1, -0.05) is 78.9 Å². The summed E-state index contributed by atoms with van der Waals surface area (Å²) in [6.07, 6.45) is -0.903. The van der Waals surface area contributed by atoms with Crippen LogP contribution in [0.25, 0.3) is 0 Å². The van der Waals surface area contributed by atoms with E-state index in [4.69, 9.17) is 4.74 Å². The molecule has 0 aliphatic carbocycles. The van der Waals surface area contributed by atoms with Crippen molar-refractivity contribution in [3.8, 4) is 11.5 Å². The van der Waals surface area contributed by atoms with Crippen LogP contribution in [0.15, 0.2) is 109 Å². The number of likely N-dealkylation sites (N-methyl/N-ethyl adjacent to an activating group) is 1. The van der Waals surface area contributed by atoms with Crippen molar-refractivity contribution >= 4 is 23.4 Å². The van der Waals surface area contributed by atoms with Gasteiger partial charge in [0.25, 0.3) is 5.91 Å². The number of nitrogens with zero attached hydrogens (tertiary/aromatic N) is 1. The quantitative estimate of drug-likeness (QED) is 0.305. The third-order valence-corrected chi connectivity index (χ3v) is 6.98. The highest BCUT2D eigenvalue weighted by Crippen LogP contribution is 2.33. The van der Waals surface area contributed by atoms with Crippen molar-refractivity contribution in [2.24, 2.45) is 0 Å². The Labute approximate surface area is 239 Å². The predicted molar refractivity (Wildman–Crippen MR) is 157 cm³/mol. The molecule has 0 bridgehead atoms. The Morgan fingerprint density at radius 1 is 0.854 bits per heavy atom. The summed E-state index contributed by atoms with van der Waals surface area (Å²) in [6, 6.07) is 32.9. The maximum Gasteiger partial charge on any atom is 0.264 e. The van der Waals surface area contributed by atoms with Gasteiger partial charge in [0, 0.05) is 12.7 Å². The van der Waals surface area contributed by atoms with E-state index in [1.54, 1.807) is 31.0 Å². The summed E-state index contributed by atoms with van der Waals surface area (Å²) in [7, 11) is 1.69. The molecule has 0 radical (unpaired) electrons. The van der Waals surface area contributed by atoms with Gasteiger partial charge in [0.15, 0.2) is 6.17 Å². The maximum atomic E-state index is 13.4. The molecule has 3 unspecified atom stereocenters. The number of carbonyl (C=O) groups excluding carboxylic acids is 3. The van der Waals surface area contributed by atoms with E-state index in [9.17, 15) is 14.4 Å². The normalized spacial score (nSPS) is 17.1. The van der Waals surface area contributed by atoms with Gasteiger partial charge in [-0.25, -0.2) is 0 Å². The highest BCUT2D eigenvalue weighted by molar-refractivity contribution is 6.01. The molecule has 1 aliphatic heterocycles. The zero-order chi connectivity index (χ0) is 28.8. The lowest BCUT2D eigenvalue weighted by Gasteiger charge is -2.25. The number of ether oxygens (including phenoxy) is 1. The predicted octanol–water partition coefficient (Wildman–Crippen LogP) is 4.32. The molecule has 8 nitrogen and oxygen atoms in total. The second-order valence-corrected chi connectivity index (χ2v) is 9.93. The minimum atomic E-state index is -0.999. The summed E-state index contributed by atoms with van der Waals surface area (Å²) < 4.78 is 5.80. The van der Waals surface area contributed by atoms with E-state index in [2.05, 4.69) is 16.0 Å². The summed E-state index contributed by atoms with van der Waals surface area (Å²) in [6.45, 7) is 1.60. The van der Waals surface area contributed by atoms with Gasteiger partial charge in [-0.2, -0.15) is 0 Å². The molecule has 8 heteroatoms. The highest BCUT2D eigenvalue weighted by Gasteiger charge is 2.35. The molecule has 208 valence electrons. The first-order chi connectivity index (χ1) is 19.9. The van der Waals surface area contributed by atoms with Crippen molar-refractivity contribution in [3.05, 3.63) is 126 Å². The SMILES string of the molecule is CC(NC(=O)Cc1ccc(Oc2ccccc2)cc1)C(=O)NC1NC(c2ccccc2)c2ccccc2N(C)C1=O. The van der Waals surface area contributed by atoms with Crippen LogP contribution in [0.5, 0.6) is 11.5 Å². The number of fused-ring (bicyclic) bond motifs is 1. The van der Waals surface area contributed by atoms with Gasteiger partial charge in [0.2, 0.25) is 11.8 Å². The highest BCUT2D eigenvalue weighted by atomic mass is 16.5. The number of hydrogen-bond acceptors (Lipinski definition) is 5. The van der Waals surface area contributed by atoms with Crippen LogP contribution in [0.4, 0.5) is 5.69 Å². The third-order valence-electron chi connectivity index (χ3n) is 6.98. The first-order valence-electron chi connectivity index (χ1n) is 13.5. The molecule has 4 aromatic rings. The molecule has 5 rings (SSSR count). The molecule has 3 N–H and O–H groups in total. The molecular weight excluding hydrogens is 516 g/mol. The summed E-state index contributed by atoms with van der Waals surface area (Å²) >= 11 is 0. The molecule has 3 atom stereocenters. The lowest BCUT2D eigenvalue weighted by molar-refractivity contribution is -0.131. The molecule has 0 aromatic heterocycles. The van der Waals surface area contributed by atoms with Crippen LogP contribution in [0, 0.1) is 0 Å². The number of amides is 3. The van der Waals surface area contributed by atoms with E-state index >= 15 is 0 Å². The van der Waals surface area contributed by atoms with Crippen LogP contribution in [0.2, 0.25) is 0 Å². The van der Waals surface area contributed by atoms with Gasteiger partial charge in [-0.15, -0.1) is 0 Å². The van der Waals surface area contributed by atoms with Crippen molar-refractivity contribution in [2.45, 2.75) is 31.6 Å². The van der Waals surface area contributed by atoms with Crippen LogP contribution in [0.1, 0.15) is 29.7 Å². The minimum Gasteiger partial charge on any atom is -0.457 e. The molecule has 41 heavy (non-hydrogen) atoms. The number of hydrogen-bond donors (Lipinski definition) is 3. The van der Waals surface area contributed by atoms with Gasteiger partial charge < -0.3 is 20.3 Å². The lowest BCUT2D eigenvalue weighted by atomic mass is 9.97. The molecule has 3 amide bonds. The number of para-hydroxylation sites is 2. The van der Waals surface area contributed by atoms with Crippen LogP contribution >= 0.6 is 0 Å². The number of carbonyl (C=O) groups is 3. The Morgan fingerprint density at radius 3 is 2.17 bits per heavy atom. The Kier molecular flexibility index (Phi) is 8.41. The average molecular weight is 549 g/mol. The first-order valence-corrected chi connectivity index (χ1v) is 13.5. The molecule has 0 fully saturated rings. The van der Waals surface area contributed by atoms with Gasteiger partial charge in [0.05, 0.1) is 12.5 Å². The number of nitrogens with one attached hydrogen (secondary N) is 3. The maximum absolute atomic E-state index is 13.4. The van der Waals surface area contributed by atoms with E-state index in [0.29, 0.717) is 5.75 Å². The van der Waals surface area contributed by atoms with Crippen molar-refractivity contribution < 1.29 is 19.1 Å². The van der Waals surface area contributed by atoms with E-state index in [1.807, 2.05) is 97.1 Å². The largest absolute Gasteiger partial charge is 0.457 e. The fourth-order valence-electron chi connectivity index (χ4n) is 4.81. The van der Waals surface area contributed by atoms with Gasteiger partial charge in [-0.3, -0.25) is 19.7 Å². The van der Waals surface area contributed by atoms with Crippen LogP contribution in [0.3, 0.4) is 0 Å². The fourth-order valence-corrected chi connectivity index (χ4v) is 4.81. The lowest BCUT2D eigenvalue weighted by Crippen LogP contribution is -2.58. The van der Waals surface area contributed by atoms with Crippen molar-refractivity contribution in [2.75, 3.05) is 11.9 Å². The van der Waals surface area contributed by atoms with Crippen molar-refractivity contribution in [1.29, 1.82) is 0 Å². The second kappa shape index (κ2) is 12.5. The number of anilines is 1. The molecule has 0 saturated heterocycles. The monoisotopic (exact) mass is 548 g/mol. The molecule has 4 aromatic carbocycles. The standard InChI is InChI=1S/C33H32N4O4/c1-22(34-29(38)21-23-17-19-26(20-18-23)41-25-13-7-4-8-14-25)32(39)36-31-33(40)37(2)28-16-10-9-15-27(28)30(35-31)24-11-5-3-6-12-24/h3-20,22,30-31,35H,21H2,1-2H3,(H,34,38)(H,36,39). The third kappa shape index (κ3) is 6.62. The molecule has 0 spiro atoms. The zero-order valence-corrected chi connectivity index (χ0v) is 22.9. The second-order valence-electron chi connectivity index (χ2n) is 9.93. The van der Waals surface area contributed by atoms with Gasteiger partial charge >= 0.3 is 0 Å². The average Bonchev–Trinajstić information content (AvgIpc) is 3.09. The Bertz CT molecular complexity index is 1510. The smallest absolute Gasteiger partial charge is 0.264 e. The van der Waals surface area contributed by atoms with Gasteiger partial charge in [0.1, 0.15) is 17.5 Å². The van der Waals surface area contributed by atoms with Crippen LogP contribution < -0.4 is 25.6 Å². The first kappa shape index (κ1) is 27.6. The van der Waals surface area contributed by atoms with E-state index in [-0.39, 0.29) is 24.3 Å². The van der Waals surface area contributed by atoms with E-state index in [1.165, 1.54) is 0 Å². The van der Waals surface area contributed by atoms with Crippen molar-refractivity contribution in [3.63, 3.8) is 0 Å². The molecular formula is C33H32N4O4. The van der Waals surface area contributed by atoms with Crippen molar-refractivity contribution in [1.82, 2.24) is 16.0 Å². The minimum absolute atomic E-state index is 0.0952. The Balaban J connectivity index is 1.21. The van der Waals surface area contributed by atoms with Crippen LogP contribution in [-0.4, -0.2) is 37.0 Å². The summed E-state index contributed by atoms with van der Waals surface area (Å²) in [5, 5.41) is 8.86. The fraction of sp³-hybridized carbons (Fsp3) is 0.182. The summed E-state index contributed by atoms with van der Waals surface area (Å²) in [5.74, 6) is 0.304. The summed E-state index contributed by atoms with van der Waals surface area (Å²) in [5.41, 5.74) is 3.43. The molecule has 1 aliphatic rings. The number of benzene rings is 4. The van der Waals surface area contributed by atoms with Crippen LogP contribution in [-0.2, 0) is 20.8 Å². The summed E-state index contributed by atoms with van der Waals surface area (Å²) in [4.78, 5) is 40.8. The molecule has 0 saturated carbocycles. The zero-order valence-electron chi connectivity index (χ0n) is 22.9. The molecule has 1 heterocycles. The van der Waals surface area contributed by atoms with Gasteiger partial charge in [-0.05, 0) is 53.9 Å². The topological polar surface area (TPSA) is 99.8 Å². The number of rotatable bonds is 8.